The zero-order valence-corrected chi connectivity index (χ0v) is 10.0. The van der Waals surface area contributed by atoms with E-state index < -0.39 is 0 Å². The Morgan fingerprint density at radius 3 is 2.50 bits per heavy atom. The second kappa shape index (κ2) is 8.03. The van der Waals surface area contributed by atoms with Crippen LogP contribution in [0.3, 0.4) is 0 Å². The number of carbonyl (C=O) groups excluding carboxylic acids is 1. The third-order valence-corrected chi connectivity index (χ3v) is 2.26. The number of amides is 1. The van der Waals surface area contributed by atoms with Crippen molar-refractivity contribution < 1.29 is 4.79 Å². The van der Waals surface area contributed by atoms with Gasteiger partial charge in [0.25, 0.3) is 0 Å². The lowest BCUT2D eigenvalue weighted by Gasteiger charge is -2.00. The highest BCUT2D eigenvalue weighted by Gasteiger charge is 1.96. The van der Waals surface area contributed by atoms with Crippen LogP contribution in [0.25, 0.3) is 0 Å². The Morgan fingerprint density at radius 2 is 2.00 bits per heavy atom. The van der Waals surface area contributed by atoms with E-state index in [0.717, 1.165) is 21.8 Å². The van der Waals surface area contributed by atoms with Crippen molar-refractivity contribution in [1.29, 1.82) is 0 Å². The molecule has 0 rings (SSSR count). The summed E-state index contributed by atoms with van der Waals surface area (Å²) in [5.41, 5.74) is 0. The van der Waals surface area contributed by atoms with Gasteiger partial charge in [0, 0.05) is 21.8 Å². The number of hydrogen-bond acceptors (Lipinski definition) is 1. The van der Waals surface area contributed by atoms with Crippen molar-refractivity contribution in [2.24, 2.45) is 0 Å². The highest BCUT2D eigenvalue weighted by molar-refractivity contribution is 14.1. The van der Waals surface area contributed by atoms with Crippen LogP contribution in [0.15, 0.2) is 0 Å². The molecule has 0 aliphatic rings. The van der Waals surface area contributed by atoms with E-state index in [1.807, 2.05) is 0 Å². The Hall–Kier alpha value is 0.930. The maximum Gasteiger partial charge on any atom is 0.220 e. The normalized spacial score (nSPS) is 9.40. The zero-order valence-electron chi connectivity index (χ0n) is 5.70. The molecule has 0 aromatic rings. The molecule has 0 spiro atoms. The largest absolute Gasteiger partial charge is 0.356 e. The van der Waals surface area contributed by atoms with Gasteiger partial charge in [0.15, 0.2) is 0 Å². The lowest BCUT2D eigenvalue weighted by molar-refractivity contribution is -0.120. The van der Waals surface area contributed by atoms with E-state index in [1.165, 1.54) is 0 Å². The topological polar surface area (TPSA) is 29.1 Å². The average Bonchev–Trinajstić information content (AvgIpc) is 1.89. The van der Waals surface area contributed by atoms with E-state index in [0.29, 0.717) is 6.42 Å². The summed E-state index contributed by atoms with van der Waals surface area (Å²) in [4.78, 5) is 10.8. The summed E-state index contributed by atoms with van der Waals surface area (Å²) in [6.45, 7) is 0.832. The van der Waals surface area contributed by atoms with Gasteiger partial charge in [-0.15, -0.1) is 0 Å². The summed E-state index contributed by atoms with van der Waals surface area (Å²) in [6, 6.07) is 0. The van der Waals surface area contributed by atoms with Crippen LogP contribution in [0, 0.1) is 0 Å². The van der Waals surface area contributed by atoms with Gasteiger partial charge in [-0.25, -0.2) is 0 Å². The van der Waals surface area contributed by atoms with Crippen molar-refractivity contribution in [3.63, 3.8) is 0 Å². The van der Waals surface area contributed by atoms with E-state index in [4.69, 9.17) is 0 Å². The smallest absolute Gasteiger partial charge is 0.220 e. The summed E-state index contributed by atoms with van der Waals surface area (Å²) in [7, 11) is 0. The molecule has 0 heterocycles. The first kappa shape index (κ1) is 10.9. The molecule has 0 atom stereocenters. The predicted octanol–water partition coefficient (Wildman–Crippen LogP) is 1.75. The van der Waals surface area contributed by atoms with Gasteiger partial charge in [0.05, 0.1) is 0 Å². The summed E-state index contributed by atoms with van der Waals surface area (Å²) in [5, 5.41) is 2.84. The minimum absolute atomic E-state index is 0.180. The van der Waals surface area contributed by atoms with Crippen molar-refractivity contribution in [2.75, 3.05) is 15.4 Å². The predicted molar refractivity (Wildman–Crippen MR) is 60.0 cm³/mol. The van der Waals surface area contributed by atoms with Gasteiger partial charge in [0.2, 0.25) is 5.91 Å². The molecule has 0 radical (unpaired) electrons. The van der Waals surface area contributed by atoms with Crippen molar-refractivity contribution in [3.8, 4) is 0 Å². The average molecular weight is 367 g/mol. The number of halogens is 2. The van der Waals surface area contributed by atoms with Crippen LogP contribution in [0.5, 0.6) is 0 Å². The minimum atomic E-state index is 0.180. The van der Waals surface area contributed by atoms with Gasteiger partial charge < -0.3 is 5.32 Å². The van der Waals surface area contributed by atoms with Gasteiger partial charge in [-0.2, -0.15) is 0 Å². The molecule has 60 valence electrons. The summed E-state index contributed by atoms with van der Waals surface area (Å²) < 4.78 is 2.02. The van der Waals surface area contributed by atoms with E-state index in [1.54, 1.807) is 0 Å². The molecule has 0 unspecified atom stereocenters. The highest BCUT2D eigenvalue weighted by Crippen LogP contribution is 1.89. The zero-order chi connectivity index (χ0) is 7.82. The Balaban J connectivity index is 3.05. The van der Waals surface area contributed by atoms with E-state index in [2.05, 4.69) is 50.5 Å². The van der Waals surface area contributed by atoms with E-state index in [-0.39, 0.29) is 5.91 Å². The standard InChI is InChI=1S/C6H11I2NO/c7-3-1-5-9-6(10)2-4-8/h1-5H2,(H,9,10). The van der Waals surface area contributed by atoms with Crippen LogP contribution in [0.4, 0.5) is 0 Å². The molecule has 0 saturated heterocycles. The quantitative estimate of drug-likeness (QED) is 0.448. The molecule has 2 nitrogen and oxygen atoms in total. The van der Waals surface area contributed by atoms with E-state index in [9.17, 15) is 4.79 Å². The summed E-state index contributed by atoms with van der Waals surface area (Å²) in [6.07, 6.45) is 1.73. The summed E-state index contributed by atoms with van der Waals surface area (Å²) >= 11 is 4.50. The SMILES string of the molecule is O=C(CCI)NCCCI. The molecule has 1 amide bonds. The maximum atomic E-state index is 10.8. The molecule has 4 heteroatoms. The molecule has 0 aliphatic heterocycles. The fourth-order valence-electron chi connectivity index (χ4n) is 0.469. The van der Waals surface area contributed by atoms with Crippen LogP contribution in [0.2, 0.25) is 0 Å². The summed E-state index contributed by atoms with van der Waals surface area (Å²) in [5.74, 6) is 0.180. The second-order valence-corrected chi connectivity index (χ2v) is 3.99. The lowest BCUT2D eigenvalue weighted by Crippen LogP contribution is -2.24. The number of carbonyl (C=O) groups is 1. The van der Waals surface area contributed by atoms with Gasteiger partial charge >= 0.3 is 0 Å². The Kier molecular flexibility index (Phi) is 8.78. The van der Waals surface area contributed by atoms with Crippen molar-refractivity contribution in [1.82, 2.24) is 5.32 Å². The molecule has 1 N–H and O–H groups in total. The molecular formula is C6H11I2NO. The number of alkyl halides is 2. The lowest BCUT2D eigenvalue weighted by atomic mass is 10.4. The number of hydrogen-bond donors (Lipinski definition) is 1. The molecule has 0 aromatic heterocycles. The van der Waals surface area contributed by atoms with Gasteiger partial charge in [-0.3, -0.25) is 4.79 Å². The second-order valence-electron chi connectivity index (χ2n) is 1.83. The van der Waals surface area contributed by atoms with Crippen molar-refractivity contribution in [2.45, 2.75) is 12.8 Å². The monoisotopic (exact) mass is 367 g/mol. The number of rotatable bonds is 5. The van der Waals surface area contributed by atoms with Gasteiger partial charge in [-0.05, 0) is 6.42 Å². The molecular weight excluding hydrogens is 356 g/mol. The third-order valence-electron chi connectivity index (χ3n) is 0.954. The maximum absolute atomic E-state index is 10.8. The highest BCUT2D eigenvalue weighted by atomic mass is 127. The van der Waals surface area contributed by atoms with Crippen LogP contribution in [-0.2, 0) is 4.79 Å². The van der Waals surface area contributed by atoms with Crippen LogP contribution in [-0.4, -0.2) is 21.3 Å². The molecule has 0 saturated carbocycles. The first-order valence-electron chi connectivity index (χ1n) is 3.20. The minimum Gasteiger partial charge on any atom is -0.356 e. The van der Waals surface area contributed by atoms with Gasteiger partial charge in [-0.1, -0.05) is 45.2 Å². The van der Waals surface area contributed by atoms with Crippen LogP contribution in [0.1, 0.15) is 12.8 Å². The molecule has 0 fully saturated rings. The molecule has 0 aromatic carbocycles. The number of nitrogens with one attached hydrogen (secondary N) is 1. The molecule has 0 bridgehead atoms. The first-order chi connectivity index (χ1) is 4.81. The fraction of sp³-hybridized carbons (Fsp3) is 0.833. The van der Waals surface area contributed by atoms with Crippen molar-refractivity contribution >= 4 is 51.1 Å². The first-order valence-corrected chi connectivity index (χ1v) is 6.25. The Labute approximate surface area is 88.8 Å². The van der Waals surface area contributed by atoms with Crippen molar-refractivity contribution in [3.05, 3.63) is 0 Å². The fourth-order valence-corrected chi connectivity index (χ4v) is 1.34. The molecule has 0 aliphatic carbocycles. The Bertz CT molecular complexity index is 97.7. The third kappa shape index (κ3) is 7.04. The van der Waals surface area contributed by atoms with Gasteiger partial charge in [0.1, 0.15) is 0 Å². The van der Waals surface area contributed by atoms with Crippen LogP contribution >= 0.6 is 45.2 Å². The van der Waals surface area contributed by atoms with Crippen LogP contribution < -0.4 is 5.32 Å². The Morgan fingerprint density at radius 1 is 1.30 bits per heavy atom. The van der Waals surface area contributed by atoms with E-state index >= 15 is 0 Å². The molecule has 10 heavy (non-hydrogen) atoms.